The molecular formula is C18H20BrNO. The van der Waals surface area contributed by atoms with Crippen molar-refractivity contribution in [2.75, 3.05) is 18.0 Å². The van der Waals surface area contributed by atoms with Crippen LogP contribution in [0, 0.1) is 0 Å². The van der Waals surface area contributed by atoms with E-state index >= 15 is 0 Å². The van der Waals surface area contributed by atoms with E-state index in [0.29, 0.717) is 6.61 Å². The first-order valence-electron chi connectivity index (χ1n) is 7.54. The lowest BCUT2D eigenvalue weighted by Gasteiger charge is -2.30. The van der Waals surface area contributed by atoms with Crippen molar-refractivity contribution in [3.63, 3.8) is 0 Å². The molecule has 0 spiro atoms. The first-order valence-corrected chi connectivity index (χ1v) is 8.33. The van der Waals surface area contributed by atoms with E-state index in [4.69, 9.17) is 4.74 Å². The third kappa shape index (κ3) is 3.79. The van der Waals surface area contributed by atoms with Crippen LogP contribution in [0.15, 0.2) is 53.0 Å². The van der Waals surface area contributed by atoms with Crippen LogP contribution in [0.3, 0.4) is 0 Å². The van der Waals surface area contributed by atoms with Gasteiger partial charge in [0.1, 0.15) is 12.4 Å². The molecule has 0 bridgehead atoms. The Morgan fingerprint density at radius 1 is 0.952 bits per heavy atom. The minimum atomic E-state index is 0.613. The second-order valence-corrected chi connectivity index (χ2v) is 6.29. The second-order valence-electron chi connectivity index (χ2n) is 5.44. The molecule has 0 amide bonds. The molecule has 1 aliphatic rings. The number of nitrogens with zero attached hydrogens (tertiary/aromatic N) is 1. The summed E-state index contributed by atoms with van der Waals surface area (Å²) in [7, 11) is 0. The SMILES string of the molecule is Brc1ccc(OCc2ccccc2)cc1N1CCCCC1. The van der Waals surface area contributed by atoms with Crippen LogP contribution in [-0.2, 0) is 6.61 Å². The van der Waals surface area contributed by atoms with E-state index in [9.17, 15) is 0 Å². The quantitative estimate of drug-likeness (QED) is 0.771. The summed E-state index contributed by atoms with van der Waals surface area (Å²) in [5.74, 6) is 0.933. The Labute approximate surface area is 134 Å². The van der Waals surface area contributed by atoms with Crippen LogP contribution in [-0.4, -0.2) is 13.1 Å². The van der Waals surface area contributed by atoms with Gasteiger partial charge in [0.15, 0.2) is 0 Å². The van der Waals surface area contributed by atoms with Gasteiger partial charge in [0.05, 0.1) is 5.69 Å². The number of hydrogen-bond donors (Lipinski definition) is 0. The number of anilines is 1. The lowest BCUT2D eigenvalue weighted by molar-refractivity contribution is 0.306. The highest BCUT2D eigenvalue weighted by Crippen LogP contribution is 2.32. The molecular weight excluding hydrogens is 326 g/mol. The summed E-state index contributed by atoms with van der Waals surface area (Å²) in [6.07, 6.45) is 3.90. The third-order valence-corrected chi connectivity index (χ3v) is 4.53. The molecule has 0 atom stereocenters. The first kappa shape index (κ1) is 14.5. The number of ether oxygens (including phenoxy) is 1. The number of piperidine rings is 1. The van der Waals surface area contributed by atoms with E-state index in [1.807, 2.05) is 24.3 Å². The Morgan fingerprint density at radius 2 is 1.71 bits per heavy atom. The molecule has 110 valence electrons. The van der Waals surface area contributed by atoms with Crippen LogP contribution >= 0.6 is 15.9 Å². The normalized spacial score (nSPS) is 15.0. The number of rotatable bonds is 4. The van der Waals surface area contributed by atoms with Crippen LogP contribution in [0.5, 0.6) is 5.75 Å². The van der Waals surface area contributed by atoms with Crippen molar-refractivity contribution in [1.29, 1.82) is 0 Å². The summed E-state index contributed by atoms with van der Waals surface area (Å²) < 4.78 is 7.08. The van der Waals surface area contributed by atoms with Gasteiger partial charge in [0.2, 0.25) is 0 Å². The van der Waals surface area contributed by atoms with Crippen LogP contribution < -0.4 is 9.64 Å². The molecule has 1 aliphatic heterocycles. The molecule has 2 nitrogen and oxygen atoms in total. The number of halogens is 1. The smallest absolute Gasteiger partial charge is 0.121 e. The molecule has 1 fully saturated rings. The fourth-order valence-electron chi connectivity index (χ4n) is 2.70. The minimum Gasteiger partial charge on any atom is -0.489 e. The molecule has 2 aromatic rings. The van der Waals surface area contributed by atoms with E-state index in [-0.39, 0.29) is 0 Å². The summed E-state index contributed by atoms with van der Waals surface area (Å²) in [5.41, 5.74) is 2.44. The Morgan fingerprint density at radius 3 is 2.48 bits per heavy atom. The molecule has 2 aromatic carbocycles. The van der Waals surface area contributed by atoms with Gasteiger partial charge in [-0.2, -0.15) is 0 Å². The van der Waals surface area contributed by atoms with Gasteiger partial charge in [-0.3, -0.25) is 0 Å². The topological polar surface area (TPSA) is 12.5 Å². The minimum absolute atomic E-state index is 0.613. The molecule has 1 heterocycles. The molecule has 1 saturated heterocycles. The van der Waals surface area contributed by atoms with Gasteiger partial charge in [0.25, 0.3) is 0 Å². The van der Waals surface area contributed by atoms with Crippen molar-refractivity contribution < 1.29 is 4.74 Å². The predicted molar refractivity (Wildman–Crippen MR) is 91.0 cm³/mol. The van der Waals surface area contributed by atoms with Gasteiger partial charge in [-0.1, -0.05) is 30.3 Å². The van der Waals surface area contributed by atoms with Gasteiger partial charge in [-0.25, -0.2) is 0 Å². The average Bonchev–Trinajstić information content (AvgIpc) is 2.56. The maximum absolute atomic E-state index is 5.93. The predicted octanol–water partition coefficient (Wildman–Crippen LogP) is 5.02. The fourth-order valence-corrected chi connectivity index (χ4v) is 3.20. The third-order valence-electron chi connectivity index (χ3n) is 3.86. The van der Waals surface area contributed by atoms with E-state index < -0.39 is 0 Å². The van der Waals surface area contributed by atoms with E-state index in [1.54, 1.807) is 0 Å². The lowest BCUT2D eigenvalue weighted by Crippen LogP contribution is -2.29. The first-order chi connectivity index (χ1) is 10.3. The van der Waals surface area contributed by atoms with Crippen molar-refractivity contribution >= 4 is 21.6 Å². The van der Waals surface area contributed by atoms with Gasteiger partial charge in [0, 0.05) is 23.6 Å². The Hall–Kier alpha value is -1.48. The summed E-state index contributed by atoms with van der Waals surface area (Å²) in [4.78, 5) is 2.45. The number of hydrogen-bond acceptors (Lipinski definition) is 2. The van der Waals surface area contributed by atoms with Crippen molar-refractivity contribution in [1.82, 2.24) is 0 Å². The highest BCUT2D eigenvalue weighted by Gasteiger charge is 2.14. The molecule has 0 aromatic heterocycles. The molecule has 0 radical (unpaired) electrons. The van der Waals surface area contributed by atoms with Crippen molar-refractivity contribution in [3.8, 4) is 5.75 Å². The Balaban J connectivity index is 1.71. The van der Waals surface area contributed by atoms with Gasteiger partial charge in [-0.15, -0.1) is 0 Å². The summed E-state index contributed by atoms with van der Waals surface area (Å²) in [5, 5.41) is 0. The summed E-state index contributed by atoms with van der Waals surface area (Å²) in [6, 6.07) is 16.5. The van der Waals surface area contributed by atoms with Crippen LogP contribution in [0.25, 0.3) is 0 Å². The average molecular weight is 346 g/mol. The molecule has 3 heteroatoms. The monoisotopic (exact) mass is 345 g/mol. The molecule has 21 heavy (non-hydrogen) atoms. The zero-order valence-electron chi connectivity index (χ0n) is 12.1. The summed E-state index contributed by atoms with van der Waals surface area (Å²) >= 11 is 3.66. The zero-order valence-corrected chi connectivity index (χ0v) is 13.7. The van der Waals surface area contributed by atoms with E-state index in [1.165, 1.54) is 30.5 Å². The van der Waals surface area contributed by atoms with Gasteiger partial charge in [-0.05, 0) is 52.9 Å². The Kier molecular flexibility index (Phi) is 4.81. The molecule has 0 N–H and O–H groups in total. The van der Waals surface area contributed by atoms with Gasteiger partial charge < -0.3 is 9.64 Å². The van der Waals surface area contributed by atoms with Crippen molar-refractivity contribution in [2.45, 2.75) is 25.9 Å². The van der Waals surface area contributed by atoms with E-state index in [2.05, 4.69) is 45.1 Å². The number of benzene rings is 2. The molecule has 3 rings (SSSR count). The van der Waals surface area contributed by atoms with Gasteiger partial charge >= 0.3 is 0 Å². The second kappa shape index (κ2) is 6.99. The van der Waals surface area contributed by atoms with Crippen LogP contribution in [0.1, 0.15) is 24.8 Å². The highest BCUT2D eigenvalue weighted by atomic mass is 79.9. The lowest BCUT2D eigenvalue weighted by atomic mass is 10.1. The van der Waals surface area contributed by atoms with Crippen molar-refractivity contribution in [3.05, 3.63) is 58.6 Å². The molecule has 0 saturated carbocycles. The maximum atomic E-state index is 5.93. The zero-order chi connectivity index (χ0) is 14.5. The van der Waals surface area contributed by atoms with Crippen LogP contribution in [0.2, 0.25) is 0 Å². The fraction of sp³-hybridized carbons (Fsp3) is 0.333. The largest absolute Gasteiger partial charge is 0.489 e. The standard InChI is InChI=1S/C18H20BrNO/c19-17-10-9-16(21-14-15-7-3-1-4-8-15)13-18(17)20-11-5-2-6-12-20/h1,3-4,7-10,13H,2,5-6,11-12,14H2. The van der Waals surface area contributed by atoms with Crippen LogP contribution in [0.4, 0.5) is 5.69 Å². The summed E-state index contributed by atoms with van der Waals surface area (Å²) in [6.45, 7) is 2.89. The maximum Gasteiger partial charge on any atom is 0.121 e. The highest BCUT2D eigenvalue weighted by molar-refractivity contribution is 9.10. The molecule has 0 aliphatic carbocycles. The molecule has 0 unspecified atom stereocenters. The van der Waals surface area contributed by atoms with E-state index in [0.717, 1.165) is 23.3 Å². The Bertz CT molecular complexity index is 579. The van der Waals surface area contributed by atoms with Crippen molar-refractivity contribution in [2.24, 2.45) is 0 Å².